The summed E-state index contributed by atoms with van der Waals surface area (Å²) in [5, 5.41) is 3.48. The number of nitrogen functional groups attached to an aromatic ring is 1. The molecule has 1 atom stereocenters. The average molecular weight is 235 g/mol. The molecule has 0 amide bonds. The van der Waals surface area contributed by atoms with Gasteiger partial charge in [-0.1, -0.05) is 12.8 Å². The first kappa shape index (κ1) is 12.1. The fraction of sp³-hybridized carbons (Fsp3) is 0.667. The number of hydrogen-bond donors (Lipinski definition) is 3. The summed E-state index contributed by atoms with van der Waals surface area (Å²) in [6, 6.07) is 0.455. The van der Waals surface area contributed by atoms with Gasteiger partial charge in [0.25, 0.3) is 0 Å². The minimum atomic E-state index is 0.455. The Hall–Kier alpha value is -1.36. The number of nitrogens with zero attached hydrogens (tertiary/aromatic N) is 2. The summed E-state index contributed by atoms with van der Waals surface area (Å²) in [6.07, 6.45) is 7.14. The molecular formula is C12H21N5. The van der Waals surface area contributed by atoms with E-state index in [-0.39, 0.29) is 0 Å². The third-order valence-corrected chi connectivity index (χ3v) is 3.57. The van der Waals surface area contributed by atoms with Gasteiger partial charge in [-0.3, -0.25) is 5.43 Å². The monoisotopic (exact) mass is 235 g/mol. The van der Waals surface area contributed by atoms with Gasteiger partial charge in [-0.05, 0) is 32.6 Å². The van der Waals surface area contributed by atoms with Gasteiger partial charge in [-0.25, -0.2) is 10.8 Å². The molecule has 0 spiro atoms. The van der Waals surface area contributed by atoms with E-state index in [0.29, 0.717) is 12.0 Å². The third-order valence-electron chi connectivity index (χ3n) is 3.57. The maximum absolute atomic E-state index is 5.32. The van der Waals surface area contributed by atoms with Crippen molar-refractivity contribution >= 4 is 11.8 Å². The van der Waals surface area contributed by atoms with Gasteiger partial charge in [0.2, 0.25) is 5.95 Å². The lowest BCUT2D eigenvalue weighted by Gasteiger charge is -2.22. The highest BCUT2D eigenvalue weighted by molar-refractivity contribution is 5.46. The third kappa shape index (κ3) is 2.85. The van der Waals surface area contributed by atoms with Crippen molar-refractivity contribution < 1.29 is 0 Å². The first-order valence-electron chi connectivity index (χ1n) is 6.27. The zero-order valence-corrected chi connectivity index (χ0v) is 10.5. The molecule has 17 heavy (non-hydrogen) atoms. The molecule has 4 N–H and O–H groups in total. The molecule has 0 aromatic carbocycles. The van der Waals surface area contributed by atoms with Crippen molar-refractivity contribution in [3.63, 3.8) is 0 Å². The normalized spacial score (nSPS) is 18.1. The van der Waals surface area contributed by atoms with Crippen LogP contribution in [0.5, 0.6) is 0 Å². The molecule has 1 aromatic rings. The van der Waals surface area contributed by atoms with Gasteiger partial charge in [0.15, 0.2) is 0 Å². The number of hydrogen-bond acceptors (Lipinski definition) is 5. The van der Waals surface area contributed by atoms with Crippen molar-refractivity contribution in [3.05, 3.63) is 11.8 Å². The van der Waals surface area contributed by atoms with Crippen LogP contribution >= 0.6 is 0 Å². The Morgan fingerprint density at radius 3 is 2.76 bits per heavy atom. The van der Waals surface area contributed by atoms with E-state index in [0.717, 1.165) is 17.3 Å². The molecular weight excluding hydrogens is 214 g/mol. The van der Waals surface area contributed by atoms with E-state index >= 15 is 0 Å². The van der Waals surface area contributed by atoms with Crippen LogP contribution in [-0.2, 0) is 0 Å². The highest BCUT2D eigenvalue weighted by Crippen LogP contribution is 2.29. The Kier molecular flexibility index (Phi) is 3.78. The summed E-state index contributed by atoms with van der Waals surface area (Å²) in [5.41, 5.74) is 3.52. The molecule has 1 aliphatic rings. The maximum Gasteiger partial charge on any atom is 0.239 e. The Bertz CT molecular complexity index is 373. The molecule has 1 aromatic heterocycles. The minimum absolute atomic E-state index is 0.455. The van der Waals surface area contributed by atoms with Crippen LogP contribution in [0.3, 0.4) is 0 Å². The molecule has 1 aliphatic carbocycles. The Morgan fingerprint density at radius 1 is 1.41 bits per heavy atom. The van der Waals surface area contributed by atoms with Crippen LogP contribution in [0.25, 0.3) is 0 Å². The van der Waals surface area contributed by atoms with Crippen molar-refractivity contribution in [3.8, 4) is 0 Å². The van der Waals surface area contributed by atoms with E-state index in [2.05, 4.69) is 27.6 Å². The van der Waals surface area contributed by atoms with Gasteiger partial charge in [-0.15, -0.1) is 0 Å². The fourth-order valence-corrected chi connectivity index (χ4v) is 2.45. The fourth-order valence-electron chi connectivity index (χ4n) is 2.45. The molecule has 0 aliphatic heterocycles. The van der Waals surface area contributed by atoms with Crippen LogP contribution in [0.2, 0.25) is 0 Å². The van der Waals surface area contributed by atoms with Gasteiger partial charge < -0.3 is 5.32 Å². The van der Waals surface area contributed by atoms with Crippen molar-refractivity contribution in [1.29, 1.82) is 0 Å². The average Bonchev–Trinajstić information content (AvgIpc) is 2.85. The SMILES string of the molecule is Cc1cnc(NN)nc1NC(C)C1CCCC1. The summed E-state index contributed by atoms with van der Waals surface area (Å²) < 4.78 is 0. The van der Waals surface area contributed by atoms with Crippen LogP contribution in [0.15, 0.2) is 6.20 Å². The highest BCUT2D eigenvalue weighted by Gasteiger charge is 2.22. The number of anilines is 2. The second kappa shape index (κ2) is 5.31. The molecule has 0 bridgehead atoms. The molecule has 1 heterocycles. The molecule has 1 saturated carbocycles. The van der Waals surface area contributed by atoms with Crippen LogP contribution in [0.4, 0.5) is 11.8 Å². The summed E-state index contributed by atoms with van der Waals surface area (Å²) in [6.45, 7) is 4.23. The Labute approximate surface area is 102 Å². The van der Waals surface area contributed by atoms with Crippen molar-refractivity contribution in [2.45, 2.75) is 45.6 Å². The zero-order chi connectivity index (χ0) is 12.3. The maximum atomic E-state index is 5.32. The lowest BCUT2D eigenvalue weighted by atomic mass is 10.00. The molecule has 1 unspecified atom stereocenters. The van der Waals surface area contributed by atoms with Gasteiger partial charge in [0.05, 0.1) is 0 Å². The highest BCUT2D eigenvalue weighted by atomic mass is 15.3. The quantitative estimate of drug-likeness (QED) is 0.550. The first-order chi connectivity index (χ1) is 8.20. The van der Waals surface area contributed by atoms with Gasteiger partial charge in [-0.2, -0.15) is 4.98 Å². The Morgan fingerprint density at radius 2 is 2.12 bits per heavy atom. The topological polar surface area (TPSA) is 75.9 Å². The van der Waals surface area contributed by atoms with Gasteiger partial charge >= 0.3 is 0 Å². The smallest absolute Gasteiger partial charge is 0.239 e. The first-order valence-corrected chi connectivity index (χ1v) is 6.27. The lowest BCUT2D eigenvalue weighted by molar-refractivity contribution is 0.481. The standard InChI is InChI=1S/C12H21N5/c1-8-7-14-12(17-13)16-11(8)15-9(2)10-5-3-4-6-10/h7,9-10H,3-6,13H2,1-2H3,(H2,14,15,16,17). The predicted molar refractivity (Wildman–Crippen MR) is 69.6 cm³/mol. The van der Waals surface area contributed by atoms with Crippen molar-refractivity contribution in [1.82, 2.24) is 9.97 Å². The second-order valence-corrected chi connectivity index (χ2v) is 4.85. The largest absolute Gasteiger partial charge is 0.367 e. The number of aryl methyl sites for hydroxylation is 1. The molecule has 1 fully saturated rings. The molecule has 0 radical (unpaired) electrons. The van der Waals surface area contributed by atoms with E-state index in [4.69, 9.17) is 5.84 Å². The van der Waals surface area contributed by atoms with E-state index in [1.54, 1.807) is 6.20 Å². The number of hydrazine groups is 1. The van der Waals surface area contributed by atoms with E-state index in [1.807, 2.05) is 6.92 Å². The molecule has 94 valence electrons. The van der Waals surface area contributed by atoms with Crippen molar-refractivity contribution in [2.75, 3.05) is 10.7 Å². The number of rotatable bonds is 4. The second-order valence-electron chi connectivity index (χ2n) is 4.85. The molecule has 5 nitrogen and oxygen atoms in total. The zero-order valence-electron chi connectivity index (χ0n) is 10.5. The van der Waals surface area contributed by atoms with E-state index < -0.39 is 0 Å². The lowest BCUT2D eigenvalue weighted by Crippen LogP contribution is -2.25. The number of nitrogens with two attached hydrogens (primary N) is 1. The van der Waals surface area contributed by atoms with Crippen LogP contribution in [0.1, 0.15) is 38.2 Å². The summed E-state index contributed by atoms with van der Waals surface area (Å²) in [7, 11) is 0. The summed E-state index contributed by atoms with van der Waals surface area (Å²) in [5.74, 6) is 7.42. The molecule has 5 heteroatoms. The summed E-state index contributed by atoms with van der Waals surface area (Å²) >= 11 is 0. The Balaban J connectivity index is 2.06. The van der Waals surface area contributed by atoms with E-state index in [1.165, 1.54) is 25.7 Å². The summed E-state index contributed by atoms with van der Waals surface area (Å²) in [4.78, 5) is 8.42. The number of nitrogens with one attached hydrogen (secondary N) is 2. The molecule has 0 saturated heterocycles. The van der Waals surface area contributed by atoms with Crippen LogP contribution < -0.4 is 16.6 Å². The van der Waals surface area contributed by atoms with Crippen LogP contribution in [0, 0.1) is 12.8 Å². The van der Waals surface area contributed by atoms with Gasteiger partial charge in [0, 0.05) is 17.8 Å². The predicted octanol–water partition coefficient (Wildman–Crippen LogP) is 2.06. The minimum Gasteiger partial charge on any atom is -0.367 e. The van der Waals surface area contributed by atoms with Crippen LogP contribution in [-0.4, -0.2) is 16.0 Å². The van der Waals surface area contributed by atoms with E-state index in [9.17, 15) is 0 Å². The number of aromatic nitrogens is 2. The van der Waals surface area contributed by atoms with Crippen molar-refractivity contribution in [2.24, 2.45) is 11.8 Å². The van der Waals surface area contributed by atoms with Gasteiger partial charge in [0.1, 0.15) is 5.82 Å². The molecule has 2 rings (SSSR count).